The second kappa shape index (κ2) is 8.61. The predicted octanol–water partition coefficient (Wildman–Crippen LogP) is 5.87. The zero-order valence-electron chi connectivity index (χ0n) is 17.9. The van der Waals surface area contributed by atoms with Crippen LogP contribution in [0.5, 0.6) is 0 Å². The van der Waals surface area contributed by atoms with Gasteiger partial charge in [0.25, 0.3) is 5.91 Å². The summed E-state index contributed by atoms with van der Waals surface area (Å²) < 4.78 is 11.4. The lowest BCUT2D eigenvalue weighted by Crippen LogP contribution is -2.21. The van der Waals surface area contributed by atoms with E-state index in [-0.39, 0.29) is 5.91 Å². The molecule has 0 spiro atoms. The third kappa shape index (κ3) is 4.04. The number of furan rings is 1. The van der Waals surface area contributed by atoms with Crippen LogP contribution in [0.3, 0.4) is 0 Å². The Hall–Kier alpha value is -3.42. The minimum absolute atomic E-state index is 0.0966. The van der Waals surface area contributed by atoms with Gasteiger partial charge in [0, 0.05) is 35.1 Å². The molecular formula is C25H23N3O3S. The number of aromatic nitrogens is 1. The maximum Gasteiger partial charge on any atom is 0.265 e. The first-order valence-corrected chi connectivity index (χ1v) is 11.3. The number of thiophene rings is 1. The quantitative estimate of drug-likeness (QED) is 0.339. The Morgan fingerprint density at radius 1 is 1.09 bits per heavy atom. The van der Waals surface area contributed by atoms with E-state index in [1.807, 2.05) is 66.9 Å². The van der Waals surface area contributed by atoms with Gasteiger partial charge in [-0.2, -0.15) is 0 Å². The number of carbonyl (C=O) groups excluding carboxylic acids is 1. The minimum Gasteiger partial charge on any atom is -0.461 e. The molecule has 1 amide bonds. The highest BCUT2D eigenvalue weighted by molar-refractivity contribution is 7.12. The normalized spacial score (nSPS) is 11.6. The van der Waals surface area contributed by atoms with Crippen molar-refractivity contribution in [2.75, 3.05) is 18.9 Å². The number of fused-ring (bicyclic) bond motifs is 2. The minimum atomic E-state index is -0.0966. The molecule has 0 saturated carbocycles. The topological polar surface area (TPSA) is 71.5 Å². The molecule has 2 aromatic carbocycles. The molecule has 0 saturated heterocycles. The maximum absolute atomic E-state index is 12.4. The number of benzene rings is 2. The van der Waals surface area contributed by atoms with E-state index in [9.17, 15) is 4.79 Å². The predicted molar refractivity (Wildman–Crippen MR) is 127 cm³/mol. The van der Waals surface area contributed by atoms with Gasteiger partial charge in [-0.3, -0.25) is 4.79 Å². The highest BCUT2D eigenvalue weighted by Crippen LogP contribution is 2.29. The fourth-order valence-corrected chi connectivity index (χ4v) is 4.57. The summed E-state index contributed by atoms with van der Waals surface area (Å²) in [6, 6.07) is 17.4. The van der Waals surface area contributed by atoms with Crippen molar-refractivity contribution in [2.45, 2.75) is 19.9 Å². The van der Waals surface area contributed by atoms with Crippen LogP contribution < -0.4 is 5.32 Å². The van der Waals surface area contributed by atoms with Crippen molar-refractivity contribution in [1.29, 1.82) is 0 Å². The van der Waals surface area contributed by atoms with Crippen LogP contribution in [0.2, 0.25) is 0 Å². The van der Waals surface area contributed by atoms with Crippen molar-refractivity contribution in [3.63, 3.8) is 0 Å². The molecule has 3 heterocycles. The molecule has 5 rings (SSSR count). The monoisotopic (exact) mass is 445 g/mol. The highest BCUT2D eigenvalue weighted by atomic mass is 32.1. The van der Waals surface area contributed by atoms with Crippen LogP contribution >= 0.6 is 11.3 Å². The van der Waals surface area contributed by atoms with Gasteiger partial charge in [0.15, 0.2) is 5.58 Å². The standard InChI is InChI=1S/C25H23N3O3S/c1-16-18(11-12-28(2)15-21-19-6-3-4-7-23(19)31-27-21)20-14-17(9-10-22(20)30-16)26-25(29)24-8-5-13-32-24/h3-10,13-14H,11-12,15H2,1-2H3,(H,26,29). The van der Waals surface area contributed by atoms with Crippen molar-refractivity contribution >= 4 is 44.9 Å². The average Bonchev–Trinajstić information content (AvgIpc) is 3.52. The van der Waals surface area contributed by atoms with Crippen molar-refractivity contribution in [3.8, 4) is 0 Å². The Labute approximate surface area is 189 Å². The SMILES string of the molecule is Cc1oc2ccc(NC(=O)c3cccs3)cc2c1CCN(C)Cc1noc2ccccc12. The zero-order valence-corrected chi connectivity index (χ0v) is 18.7. The number of nitrogens with zero attached hydrogens (tertiary/aromatic N) is 2. The van der Waals surface area contributed by atoms with Gasteiger partial charge in [-0.25, -0.2) is 0 Å². The molecule has 0 aliphatic rings. The Morgan fingerprint density at radius 3 is 2.81 bits per heavy atom. The van der Waals surface area contributed by atoms with Gasteiger partial charge < -0.3 is 19.2 Å². The fraction of sp³-hybridized carbons (Fsp3) is 0.200. The zero-order chi connectivity index (χ0) is 22.1. The van der Waals surface area contributed by atoms with E-state index in [1.54, 1.807) is 0 Å². The van der Waals surface area contributed by atoms with Gasteiger partial charge in [0.05, 0.1) is 4.88 Å². The van der Waals surface area contributed by atoms with Crippen LogP contribution in [-0.4, -0.2) is 29.6 Å². The smallest absolute Gasteiger partial charge is 0.265 e. The van der Waals surface area contributed by atoms with Crippen LogP contribution in [0.4, 0.5) is 5.69 Å². The molecule has 162 valence electrons. The van der Waals surface area contributed by atoms with Gasteiger partial charge in [-0.05, 0) is 62.2 Å². The van der Waals surface area contributed by atoms with Crippen LogP contribution in [0.15, 0.2) is 68.9 Å². The van der Waals surface area contributed by atoms with Crippen molar-refractivity contribution in [2.24, 2.45) is 0 Å². The number of anilines is 1. The van der Waals surface area contributed by atoms with E-state index >= 15 is 0 Å². The summed E-state index contributed by atoms with van der Waals surface area (Å²) in [5, 5.41) is 11.2. The molecule has 5 aromatic rings. The second-order valence-corrected chi connectivity index (χ2v) is 8.84. The Kier molecular flexibility index (Phi) is 5.51. The summed E-state index contributed by atoms with van der Waals surface area (Å²) in [5.74, 6) is 0.808. The Morgan fingerprint density at radius 2 is 1.97 bits per heavy atom. The molecule has 0 fully saturated rings. The average molecular weight is 446 g/mol. The number of aryl methyl sites for hydroxylation is 1. The highest BCUT2D eigenvalue weighted by Gasteiger charge is 2.15. The molecular weight excluding hydrogens is 422 g/mol. The number of likely N-dealkylation sites (N-methyl/N-ethyl adjacent to an activating group) is 1. The van der Waals surface area contributed by atoms with E-state index in [0.29, 0.717) is 11.4 Å². The first kappa shape index (κ1) is 20.5. The third-order valence-corrected chi connectivity index (χ3v) is 6.48. The van der Waals surface area contributed by atoms with Crippen molar-refractivity contribution in [1.82, 2.24) is 10.1 Å². The van der Waals surface area contributed by atoms with Gasteiger partial charge in [-0.15, -0.1) is 11.3 Å². The van der Waals surface area contributed by atoms with E-state index in [0.717, 1.165) is 57.6 Å². The molecule has 32 heavy (non-hydrogen) atoms. The summed E-state index contributed by atoms with van der Waals surface area (Å²) in [6.07, 6.45) is 0.827. The van der Waals surface area contributed by atoms with Crippen molar-refractivity contribution < 1.29 is 13.7 Å². The lowest BCUT2D eigenvalue weighted by Gasteiger charge is -2.15. The van der Waals surface area contributed by atoms with E-state index in [4.69, 9.17) is 8.94 Å². The second-order valence-electron chi connectivity index (χ2n) is 7.89. The molecule has 0 unspecified atom stereocenters. The van der Waals surface area contributed by atoms with Gasteiger partial charge in [-0.1, -0.05) is 23.4 Å². The van der Waals surface area contributed by atoms with Crippen LogP contribution in [0, 0.1) is 6.92 Å². The van der Waals surface area contributed by atoms with Gasteiger partial charge in [0.2, 0.25) is 0 Å². The van der Waals surface area contributed by atoms with E-state index in [1.165, 1.54) is 11.3 Å². The van der Waals surface area contributed by atoms with Crippen LogP contribution in [0.25, 0.3) is 21.9 Å². The molecule has 0 bridgehead atoms. The van der Waals surface area contributed by atoms with Gasteiger partial charge in [0.1, 0.15) is 17.0 Å². The summed E-state index contributed by atoms with van der Waals surface area (Å²) in [7, 11) is 2.08. The van der Waals surface area contributed by atoms with Crippen LogP contribution in [0.1, 0.15) is 26.7 Å². The van der Waals surface area contributed by atoms with Crippen molar-refractivity contribution in [3.05, 3.63) is 81.9 Å². The number of nitrogens with one attached hydrogen (secondary N) is 1. The number of para-hydroxylation sites is 1. The lowest BCUT2D eigenvalue weighted by molar-refractivity contribution is 0.103. The first-order chi connectivity index (χ1) is 15.6. The maximum atomic E-state index is 12.4. The van der Waals surface area contributed by atoms with E-state index < -0.39 is 0 Å². The number of rotatable bonds is 7. The molecule has 0 aliphatic heterocycles. The largest absolute Gasteiger partial charge is 0.461 e. The Bertz CT molecular complexity index is 1380. The fourth-order valence-electron chi connectivity index (χ4n) is 3.95. The number of carbonyl (C=O) groups is 1. The molecule has 0 atom stereocenters. The number of hydrogen-bond acceptors (Lipinski definition) is 6. The first-order valence-electron chi connectivity index (χ1n) is 10.5. The summed E-state index contributed by atoms with van der Waals surface area (Å²) in [4.78, 5) is 15.3. The van der Waals surface area contributed by atoms with Gasteiger partial charge >= 0.3 is 0 Å². The number of hydrogen-bond donors (Lipinski definition) is 1. The molecule has 0 aliphatic carbocycles. The summed E-state index contributed by atoms with van der Waals surface area (Å²) in [5.41, 5.74) is 4.50. The van der Waals surface area contributed by atoms with E-state index in [2.05, 4.69) is 22.4 Å². The molecule has 3 aromatic heterocycles. The third-order valence-electron chi connectivity index (χ3n) is 5.61. The Balaban J connectivity index is 1.31. The lowest BCUT2D eigenvalue weighted by atomic mass is 10.1. The number of amides is 1. The van der Waals surface area contributed by atoms with Crippen LogP contribution in [-0.2, 0) is 13.0 Å². The summed E-state index contributed by atoms with van der Waals surface area (Å²) >= 11 is 1.43. The molecule has 7 heteroatoms. The summed E-state index contributed by atoms with van der Waals surface area (Å²) in [6.45, 7) is 3.53. The molecule has 0 radical (unpaired) electrons. The molecule has 1 N–H and O–H groups in total. The molecule has 6 nitrogen and oxygen atoms in total.